The van der Waals surface area contributed by atoms with E-state index in [1.165, 1.54) is 0 Å². The second-order valence-electron chi connectivity index (χ2n) is 8.21. The molecule has 1 aromatic heterocycles. The number of aromatic amines is 1. The van der Waals surface area contributed by atoms with Gasteiger partial charge in [0.2, 0.25) is 11.9 Å². The molecular weight excluding hydrogens is 433 g/mol. The number of hydrogen-bond donors (Lipinski definition) is 2. The van der Waals surface area contributed by atoms with Gasteiger partial charge in [-0.25, -0.2) is 0 Å². The second-order valence-corrected chi connectivity index (χ2v) is 8.64. The summed E-state index contributed by atoms with van der Waals surface area (Å²) in [6, 6.07) is 7.77. The van der Waals surface area contributed by atoms with Crippen molar-refractivity contribution in [2.24, 2.45) is 0 Å². The van der Waals surface area contributed by atoms with Crippen molar-refractivity contribution in [2.45, 2.75) is 50.0 Å². The predicted octanol–water partition coefficient (Wildman–Crippen LogP) is 3.27. The van der Waals surface area contributed by atoms with Gasteiger partial charge in [0.05, 0.1) is 19.1 Å². The van der Waals surface area contributed by atoms with Gasteiger partial charge < -0.3 is 15.4 Å². The van der Waals surface area contributed by atoms with Gasteiger partial charge in [-0.1, -0.05) is 23.7 Å². The van der Waals surface area contributed by atoms with Crippen LogP contribution < -0.4 is 10.6 Å². The van der Waals surface area contributed by atoms with Crippen LogP contribution in [-0.4, -0.2) is 70.7 Å². The summed E-state index contributed by atoms with van der Waals surface area (Å²) >= 11 is 5.98. The summed E-state index contributed by atoms with van der Waals surface area (Å²) in [6.07, 6.45) is -3.67. The molecule has 3 N–H and O–H groups in total. The van der Waals surface area contributed by atoms with Gasteiger partial charge in [0, 0.05) is 36.7 Å². The Morgan fingerprint density at radius 2 is 1.87 bits per heavy atom. The fraction of sp³-hybridized carbons (Fsp3) is 0.600. The van der Waals surface area contributed by atoms with Gasteiger partial charge >= 0.3 is 6.18 Å². The molecule has 2 fully saturated rings. The van der Waals surface area contributed by atoms with Gasteiger partial charge in [-0.3, -0.25) is 9.88 Å². The number of benzene rings is 1. The first-order chi connectivity index (χ1) is 14.8. The molecule has 2 aliphatic rings. The van der Waals surface area contributed by atoms with Gasteiger partial charge in [0.15, 0.2) is 0 Å². The van der Waals surface area contributed by atoms with Crippen LogP contribution in [0.25, 0.3) is 0 Å². The monoisotopic (exact) mass is 458 g/mol. The van der Waals surface area contributed by atoms with Gasteiger partial charge in [-0.2, -0.15) is 13.2 Å². The third-order valence-electron chi connectivity index (χ3n) is 5.98. The highest BCUT2D eigenvalue weighted by molar-refractivity contribution is 6.30. The maximum absolute atomic E-state index is 13.0. The highest BCUT2D eigenvalue weighted by atomic mass is 35.5. The molecule has 4 rings (SSSR count). The van der Waals surface area contributed by atoms with Crippen LogP contribution in [0.2, 0.25) is 5.02 Å². The molecular formula is C20H26ClF3N6O. The van der Waals surface area contributed by atoms with Crippen molar-refractivity contribution in [3.05, 3.63) is 34.9 Å². The first kappa shape index (κ1) is 22.2. The van der Waals surface area contributed by atoms with Crippen molar-refractivity contribution in [3.63, 3.8) is 0 Å². The summed E-state index contributed by atoms with van der Waals surface area (Å²) in [5, 5.41) is 8.49. The van der Waals surface area contributed by atoms with Crippen molar-refractivity contribution < 1.29 is 17.9 Å². The Bertz CT molecular complexity index is 853. The minimum atomic E-state index is -4.24. The molecule has 7 nitrogen and oxygen atoms in total. The van der Waals surface area contributed by atoms with E-state index in [9.17, 15) is 13.2 Å². The Hall–Kier alpha value is -2.04. The molecule has 3 heterocycles. The number of nitrogens with one attached hydrogen (secondary N) is 1. The Labute approximate surface area is 183 Å². The van der Waals surface area contributed by atoms with E-state index < -0.39 is 18.7 Å². The first-order valence-electron chi connectivity index (χ1n) is 10.4. The third kappa shape index (κ3) is 5.81. The van der Waals surface area contributed by atoms with Crippen LogP contribution in [0.4, 0.5) is 25.1 Å². The molecule has 2 atom stereocenters. The smallest absolute Gasteiger partial charge is 0.375 e. The van der Waals surface area contributed by atoms with E-state index in [1.807, 2.05) is 24.3 Å². The minimum Gasteiger partial charge on any atom is -0.375 e. The number of ether oxygens (including phenoxy) is 1. The van der Waals surface area contributed by atoms with Crippen molar-refractivity contribution >= 4 is 23.5 Å². The lowest BCUT2D eigenvalue weighted by Crippen LogP contribution is -2.57. The van der Waals surface area contributed by atoms with Crippen LogP contribution in [0.5, 0.6) is 0 Å². The summed E-state index contributed by atoms with van der Waals surface area (Å²) in [6.45, 7) is 2.02. The number of rotatable bonds is 5. The van der Waals surface area contributed by atoms with E-state index in [-0.39, 0.29) is 31.2 Å². The highest BCUT2D eigenvalue weighted by Crippen LogP contribution is 2.30. The van der Waals surface area contributed by atoms with Crippen LogP contribution in [0.1, 0.15) is 24.8 Å². The van der Waals surface area contributed by atoms with E-state index >= 15 is 0 Å². The van der Waals surface area contributed by atoms with E-state index in [1.54, 1.807) is 0 Å². The molecule has 2 saturated heterocycles. The van der Waals surface area contributed by atoms with E-state index in [2.05, 4.69) is 25.0 Å². The molecule has 2 aliphatic heterocycles. The Balaban J connectivity index is 1.44. The largest absolute Gasteiger partial charge is 0.391 e. The van der Waals surface area contributed by atoms with Gasteiger partial charge in [-0.15, -0.1) is 10.2 Å². The number of morpholine rings is 1. The van der Waals surface area contributed by atoms with Gasteiger partial charge in [0.25, 0.3) is 0 Å². The number of nitrogens with zero attached hydrogens (tertiary/aromatic N) is 4. The van der Waals surface area contributed by atoms with E-state index in [4.69, 9.17) is 22.1 Å². The molecule has 0 aliphatic carbocycles. The van der Waals surface area contributed by atoms with E-state index in [0.29, 0.717) is 17.4 Å². The maximum atomic E-state index is 13.0. The molecule has 0 spiro atoms. The zero-order valence-electron chi connectivity index (χ0n) is 17.0. The van der Waals surface area contributed by atoms with Crippen molar-refractivity contribution in [2.75, 3.05) is 36.9 Å². The summed E-state index contributed by atoms with van der Waals surface area (Å²) in [5.41, 5.74) is 6.71. The number of aromatic nitrogens is 3. The number of H-pyrrole nitrogens is 1. The standard InChI is InChI=1S/C20H26ClF3N6O/c21-14-3-1-13(2-4-14)9-16-12-31-17(10-20(22,23)24)11-30(16)15-5-7-29(8-6-15)19-26-18(25)27-28-19/h1-4,15-17H,5-12H2,(H3,25,26,27,28). The average molecular weight is 459 g/mol. The summed E-state index contributed by atoms with van der Waals surface area (Å²) in [7, 11) is 0. The van der Waals surface area contributed by atoms with Crippen LogP contribution in [0.15, 0.2) is 24.3 Å². The lowest BCUT2D eigenvalue weighted by Gasteiger charge is -2.46. The molecule has 0 saturated carbocycles. The molecule has 2 unspecified atom stereocenters. The first-order valence-corrected chi connectivity index (χ1v) is 10.8. The minimum absolute atomic E-state index is 0.0168. The lowest BCUT2D eigenvalue weighted by molar-refractivity contribution is -0.179. The van der Waals surface area contributed by atoms with Crippen LogP contribution >= 0.6 is 11.6 Å². The molecule has 0 bridgehead atoms. The molecule has 0 radical (unpaired) electrons. The fourth-order valence-electron chi connectivity index (χ4n) is 4.49. The topological polar surface area (TPSA) is 83.3 Å². The van der Waals surface area contributed by atoms with Crippen LogP contribution in [-0.2, 0) is 11.2 Å². The Kier molecular flexibility index (Phi) is 6.59. The number of nitrogens with two attached hydrogens (primary N) is 1. The number of nitrogen functional groups attached to an aromatic ring is 1. The van der Waals surface area contributed by atoms with Crippen molar-refractivity contribution in [1.82, 2.24) is 20.1 Å². The van der Waals surface area contributed by atoms with Crippen LogP contribution in [0, 0.1) is 0 Å². The summed E-state index contributed by atoms with van der Waals surface area (Å²) in [5.74, 6) is 0.897. The van der Waals surface area contributed by atoms with Gasteiger partial charge in [0.1, 0.15) is 0 Å². The predicted molar refractivity (Wildman–Crippen MR) is 112 cm³/mol. The van der Waals surface area contributed by atoms with Gasteiger partial charge in [-0.05, 0) is 37.0 Å². The Morgan fingerprint density at radius 3 is 2.48 bits per heavy atom. The molecule has 1 aromatic carbocycles. The lowest BCUT2D eigenvalue weighted by atomic mass is 9.96. The number of hydrogen-bond acceptors (Lipinski definition) is 6. The molecule has 31 heavy (non-hydrogen) atoms. The summed E-state index contributed by atoms with van der Waals surface area (Å²) < 4.78 is 44.6. The number of piperidine rings is 1. The number of anilines is 2. The summed E-state index contributed by atoms with van der Waals surface area (Å²) in [4.78, 5) is 7.22. The zero-order valence-corrected chi connectivity index (χ0v) is 17.7. The van der Waals surface area contributed by atoms with E-state index in [0.717, 1.165) is 31.5 Å². The quantitative estimate of drug-likeness (QED) is 0.715. The normalized spacial score (nSPS) is 23.9. The third-order valence-corrected chi connectivity index (χ3v) is 6.23. The Morgan fingerprint density at radius 1 is 1.16 bits per heavy atom. The highest BCUT2D eigenvalue weighted by Gasteiger charge is 2.40. The SMILES string of the molecule is Nc1nnc(N2CCC(N3CC(CC(F)(F)F)OCC3Cc3ccc(Cl)cc3)CC2)[nH]1. The number of alkyl halides is 3. The maximum Gasteiger partial charge on any atom is 0.391 e. The molecule has 0 amide bonds. The average Bonchev–Trinajstić information content (AvgIpc) is 3.16. The fourth-order valence-corrected chi connectivity index (χ4v) is 4.62. The number of halogens is 4. The molecule has 170 valence electrons. The van der Waals surface area contributed by atoms with Crippen molar-refractivity contribution in [1.29, 1.82) is 0 Å². The second kappa shape index (κ2) is 9.22. The van der Waals surface area contributed by atoms with Crippen molar-refractivity contribution in [3.8, 4) is 0 Å². The molecule has 11 heteroatoms. The van der Waals surface area contributed by atoms with Crippen LogP contribution in [0.3, 0.4) is 0 Å². The zero-order chi connectivity index (χ0) is 22.0. The molecule has 2 aromatic rings.